The summed E-state index contributed by atoms with van der Waals surface area (Å²) in [5, 5.41) is 2.78. The van der Waals surface area contributed by atoms with Crippen molar-refractivity contribution >= 4 is 17.5 Å². The lowest BCUT2D eigenvalue weighted by Gasteiger charge is -2.19. The lowest BCUT2D eigenvalue weighted by atomic mass is 9.92. The third-order valence-electron chi connectivity index (χ3n) is 3.42. The molecule has 0 heterocycles. The summed E-state index contributed by atoms with van der Waals surface area (Å²) in [5.41, 5.74) is 0.865. The minimum atomic E-state index is -0.690. The van der Waals surface area contributed by atoms with Crippen LogP contribution in [0.2, 0.25) is 0 Å². The highest BCUT2D eigenvalue weighted by Gasteiger charge is 2.27. The second-order valence-corrected chi connectivity index (χ2v) is 5.18. The van der Waals surface area contributed by atoms with E-state index in [0.717, 1.165) is 12.8 Å². The van der Waals surface area contributed by atoms with Gasteiger partial charge >= 0.3 is 5.97 Å². The molecule has 5 heteroatoms. The number of nitrogens with one attached hydrogen (secondary N) is 1. The first kappa shape index (κ1) is 15.9. The van der Waals surface area contributed by atoms with Crippen molar-refractivity contribution in [2.75, 3.05) is 6.61 Å². The fourth-order valence-electron chi connectivity index (χ4n) is 2.16. The Morgan fingerprint density at radius 3 is 2.59 bits per heavy atom. The molecule has 0 aliphatic heterocycles. The molecule has 0 aromatic heterocycles. The Hall–Kier alpha value is -2.43. The largest absolute Gasteiger partial charge is 0.464 e. The van der Waals surface area contributed by atoms with E-state index in [1.54, 1.807) is 31.2 Å². The molecule has 0 saturated carbocycles. The van der Waals surface area contributed by atoms with Gasteiger partial charge in [0, 0.05) is 17.2 Å². The molecule has 116 valence electrons. The molecule has 22 heavy (non-hydrogen) atoms. The van der Waals surface area contributed by atoms with Crippen LogP contribution in [-0.4, -0.2) is 30.2 Å². The van der Waals surface area contributed by atoms with Gasteiger partial charge in [0.15, 0.2) is 5.78 Å². The van der Waals surface area contributed by atoms with E-state index in [2.05, 4.69) is 5.32 Å². The van der Waals surface area contributed by atoms with E-state index in [-0.39, 0.29) is 17.3 Å². The molecule has 0 amide bonds. The number of ketones is 2. The zero-order valence-corrected chi connectivity index (χ0v) is 12.7. The van der Waals surface area contributed by atoms with Gasteiger partial charge in [0.1, 0.15) is 6.04 Å². The van der Waals surface area contributed by atoms with Gasteiger partial charge in [-0.15, -0.1) is 0 Å². The molecule has 0 spiro atoms. The summed E-state index contributed by atoms with van der Waals surface area (Å²) in [4.78, 5) is 36.2. The number of carbonyl (C=O) groups excluding carboxylic acids is 3. The number of rotatable bonds is 6. The second-order valence-electron chi connectivity index (χ2n) is 5.18. The number of Topliss-reactive ketones (excluding diaryl/α,β-unsaturated/α-hetero) is 1. The first-order chi connectivity index (χ1) is 10.5. The van der Waals surface area contributed by atoms with Gasteiger partial charge in [0.25, 0.3) is 0 Å². The number of hydrogen-bond acceptors (Lipinski definition) is 5. The zero-order valence-electron chi connectivity index (χ0n) is 12.7. The first-order valence-corrected chi connectivity index (χ1v) is 7.37. The summed E-state index contributed by atoms with van der Waals surface area (Å²) in [6, 6.07) is 5.95. The summed E-state index contributed by atoms with van der Waals surface area (Å²) in [6.45, 7) is 3.97. The van der Waals surface area contributed by atoms with Crippen molar-refractivity contribution in [1.82, 2.24) is 5.32 Å². The van der Waals surface area contributed by atoms with Crippen LogP contribution in [0.5, 0.6) is 0 Å². The topological polar surface area (TPSA) is 72.5 Å². The Kier molecular flexibility index (Phi) is 5.09. The number of carbonyl (C=O) groups is 3. The molecule has 0 radical (unpaired) electrons. The fourth-order valence-corrected chi connectivity index (χ4v) is 2.16. The molecule has 1 N–H and O–H groups in total. The molecule has 5 nitrogen and oxygen atoms in total. The van der Waals surface area contributed by atoms with Crippen LogP contribution in [0.3, 0.4) is 0 Å². The van der Waals surface area contributed by atoms with Gasteiger partial charge in [-0.25, -0.2) is 4.79 Å². The maximum Gasteiger partial charge on any atom is 0.328 e. The number of esters is 1. The maximum absolute atomic E-state index is 12.3. The average molecular weight is 301 g/mol. The summed E-state index contributed by atoms with van der Waals surface area (Å²) in [6.07, 6.45) is 2.97. The van der Waals surface area contributed by atoms with E-state index in [0.29, 0.717) is 17.7 Å². The summed E-state index contributed by atoms with van der Waals surface area (Å²) >= 11 is 0. The van der Waals surface area contributed by atoms with Crippen LogP contribution in [0, 0.1) is 0 Å². The molecule has 1 aliphatic rings. The second kappa shape index (κ2) is 7.02. The predicted molar refractivity (Wildman–Crippen MR) is 81.7 cm³/mol. The average Bonchev–Trinajstić information content (AvgIpc) is 2.52. The number of unbranched alkanes of at least 4 members (excludes halogenated alkanes) is 1. The van der Waals surface area contributed by atoms with Crippen LogP contribution >= 0.6 is 0 Å². The van der Waals surface area contributed by atoms with Gasteiger partial charge in [0.2, 0.25) is 5.78 Å². The van der Waals surface area contributed by atoms with Crippen LogP contribution in [0.4, 0.5) is 0 Å². The Balaban J connectivity index is 2.06. The quantitative estimate of drug-likeness (QED) is 0.644. The molecule has 0 fully saturated rings. The van der Waals surface area contributed by atoms with E-state index in [1.807, 2.05) is 6.92 Å². The van der Waals surface area contributed by atoms with Crippen LogP contribution in [-0.2, 0) is 9.53 Å². The Morgan fingerprint density at radius 2 is 1.91 bits per heavy atom. The SMILES string of the molecule is CCCCOC(=O)C(C)NC1=CC(=O)c2ccccc2C1=O. The van der Waals surface area contributed by atoms with Crippen molar-refractivity contribution in [3.05, 3.63) is 47.2 Å². The molecule has 0 bridgehead atoms. The molecular weight excluding hydrogens is 282 g/mol. The van der Waals surface area contributed by atoms with Crippen molar-refractivity contribution < 1.29 is 19.1 Å². The van der Waals surface area contributed by atoms with E-state index in [1.165, 1.54) is 6.08 Å². The van der Waals surface area contributed by atoms with Crippen molar-refractivity contribution in [3.8, 4) is 0 Å². The van der Waals surface area contributed by atoms with Gasteiger partial charge in [-0.05, 0) is 13.3 Å². The van der Waals surface area contributed by atoms with Gasteiger partial charge in [0.05, 0.1) is 12.3 Å². The lowest BCUT2D eigenvalue weighted by Crippen LogP contribution is -2.38. The Labute approximate surface area is 129 Å². The Bertz CT molecular complexity index is 633. The van der Waals surface area contributed by atoms with Gasteiger partial charge in [-0.2, -0.15) is 0 Å². The van der Waals surface area contributed by atoms with Crippen molar-refractivity contribution in [2.45, 2.75) is 32.7 Å². The number of allylic oxidation sites excluding steroid dienone is 2. The van der Waals surface area contributed by atoms with E-state index >= 15 is 0 Å². The zero-order chi connectivity index (χ0) is 16.1. The van der Waals surface area contributed by atoms with Crippen LogP contribution in [0.25, 0.3) is 0 Å². The molecule has 2 rings (SSSR count). The predicted octanol–water partition coefficient (Wildman–Crippen LogP) is 2.27. The maximum atomic E-state index is 12.3. The first-order valence-electron chi connectivity index (χ1n) is 7.37. The third kappa shape index (κ3) is 3.42. The summed E-state index contributed by atoms with van der Waals surface area (Å²) in [7, 11) is 0. The number of fused-ring (bicyclic) bond motifs is 1. The minimum Gasteiger partial charge on any atom is -0.464 e. The lowest BCUT2D eigenvalue weighted by molar-refractivity contribution is -0.145. The Morgan fingerprint density at radius 1 is 1.23 bits per heavy atom. The smallest absolute Gasteiger partial charge is 0.328 e. The van der Waals surface area contributed by atoms with Crippen molar-refractivity contribution in [2.24, 2.45) is 0 Å². The van der Waals surface area contributed by atoms with Crippen LogP contribution in [0.15, 0.2) is 36.0 Å². The standard InChI is InChI=1S/C17H19NO4/c1-3-4-9-22-17(21)11(2)18-14-10-15(19)12-7-5-6-8-13(12)16(14)20/h5-8,10-11,18H,3-4,9H2,1-2H3. The van der Waals surface area contributed by atoms with E-state index in [4.69, 9.17) is 4.74 Å². The number of benzene rings is 1. The molecule has 1 aromatic rings. The monoisotopic (exact) mass is 301 g/mol. The normalized spacial score (nSPS) is 14.9. The molecule has 1 aromatic carbocycles. The van der Waals surface area contributed by atoms with Gasteiger partial charge in [-0.1, -0.05) is 37.6 Å². The number of ether oxygens (including phenoxy) is 1. The number of hydrogen-bond donors (Lipinski definition) is 1. The summed E-state index contributed by atoms with van der Waals surface area (Å²) in [5.74, 6) is -0.971. The van der Waals surface area contributed by atoms with Gasteiger partial charge < -0.3 is 10.1 Å². The molecule has 0 saturated heterocycles. The molecule has 1 unspecified atom stereocenters. The molecule has 1 aliphatic carbocycles. The fraction of sp³-hybridized carbons (Fsp3) is 0.353. The third-order valence-corrected chi connectivity index (χ3v) is 3.42. The van der Waals surface area contributed by atoms with E-state index < -0.39 is 12.0 Å². The van der Waals surface area contributed by atoms with Crippen molar-refractivity contribution in [3.63, 3.8) is 0 Å². The van der Waals surface area contributed by atoms with E-state index in [9.17, 15) is 14.4 Å². The highest BCUT2D eigenvalue weighted by molar-refractivity contribution is 6.24. The highest BCUT2D eigenvalue weighted by Crippen LogP contribution is 2.20. The van der Waals surface area contributed by atoms with Crippen LogP contribution in [0.1, 0.15) is 47.4 Å². The molecule has 1 atom stereocenters. The summed E-state index contributed by atoms with van der Waals surface area (Å²) < 4.78 is 5.09. The van der Waals surface area contributed by atoms with Crippen molar-refractivity contribution in [1.29, 1.82) is 0 Å². The van der Waals surface area contributed by atoms with Crippen LogP contribution < -0.4 is 5.32 Å². The van der Waals surface area contributed by atoms with Gasteiger partial charge in [-0.3, -0.25) is 9.59 Å². The minimum absolute atomic E-state index is 0.128. The highest BCUT2D eigenvalue weighted by atomic mass is 16.5. The molecular formula is C17H19NO4.